The summed E-state index contributed by atoms with van der Waals surface area (Å²) in [5, 5.41) is 5.53. The molecule has 0 N–H and O–H groups in total. The first kappa shape index (κ1) is 20.0. The third kappa shape index (κ3) is 2.95. The summed E-state index contributed by atoms with van der Waals surface area (Å²) in [6.07, 6.45) is 5.20. The van der Waals surface area contributed by atoms with Crippen LogP contribution in [-0.4, -0.2) is 44.1 Å². The first-order valence-electron chi connectivity index (χ1n) is 11.5. The summed E-state index contributed by atoms with van der Waals surface area (Å²) < 4.78 is 1.92. The zero-order chi connectivity index (χ0) is 21.9. The van der Waals surface area contributed by atoms with Crippen LogP contribution in [-0.2, 0) is 18.4 Å². The van der Waals surface area contributed by atoms with Crippen molar-refractivity contribution in [1.82, 2.24) is 19.6 Å². The summed E-state index contributed by atoms with van der Waals surface area (Å²) in [4.78, 5) is 18.4. The molecule has 32 heavy (non-hydrogen) atoms. The zero-order valence-electron chi connectivity index (χ0n) is 18.2. The van der Waals surface area contributed by atoms with E-state index in [1.54, 1.807) is 0 Å². The Kier molecular flexibility index (Phi) is 4.67. The predicted molar refractivity (Wildman–Crippen MR) is 125 cm³/mol. The fourth-order valence-corrected chi connectivity index (χ4v) is 6.65. The molecule has 1 aromatic heterocycles. The van der Waals surface area contributed by atoms with Gasteiger partial charge in [-0.15, -0.1) is 0 Å². The van der Waals surface area contributed by atoms with Crippen molar-refractivity contribution in [3.63, 3.8) is 0 Å². The van der Waals surface area contributed by atoms with Crippen molar-refractivity contribution in [3.05, 3.63) is 76.9 Å². The normalized spacial score (nSPS) is 27.2. The number of likely N-dealkylation sites (tertiary alicyclic amines) is 1. The van der Waals surface area contributed by atoms with Gasteiger partial charge in [0.1, 0.15) is 5.54 Å². The first-order valence-corrected chi connectivity index (χ1v) is 11.8. The van der Waals surface area contributed by atoms with E-state index in [-0.39, 0.29) is 11.6 Å². The first-order chi connectivity index (χ1) is 15.6. The number of carbonyl (C=O) groups excluding carboxylic acids is 1. The topological polar surface area (TPSA) is 41.4 Å². The van der Waals surface area contributed by atoms with Gasteiger partial charge in [-0.25, -0.2) is 0 Å². The van der Waals surface area contributed by atoms with Gasteiger partial charge in [-0.2, -0.15) is 5.10 Å². The number of amides is 1. The molecule has 0 saturated carbocycles. The van der Waals surface area contributed by atoms with Crippen LogP contribution < -0.4 is 0 Å². The molecule has 1 amide bonds. The lowest BCUT2D eigenvalue weighted by Gasteiger charge is -2.33. The SMILES string of the molecule is Cn1cc([C@@H]2C[C@H]3CN(Cc4cccc(Cl)c4)C(=O)[C@]34CCCN24)c(-c2ccccc2)n1. The van der Waals surface area contributed by atoms with Gasteiger partial charge >= 0.3 is 0 Å². The smallest absolute Gasteiger partial charge is 0.243 e. The summed E-state index contributed by atoms with van der Waals surface area (Å²) in [5.74, 6) is 0.651. The van der Waals surface area contributed by atoms with E-state index in [0.29, 0.717) is 18.4 Å². The maximum absolute atomic E-state index is 13.8. The van der Waals surface area contributed by atoms with Crippen molar-refractivity contribution in [2.24, 2.45) is 13.0 Å². The lowest BCUT2D eigenvalue weighted by molar-refractivity contribution is -0.137. The molecule has 2 aromatic carbocycles. The highest BCUT2D eigenvalue weighted by Gasteiger charge is 2.65. The molecule has 5 nitrogen and oxygen atoms in total. The molecule has 1 spiro atoms. The molecule has 0 bridgehead atoms. The van der Waals surface area contributed by atoms with Crippen molar-refractivity contribution in [1.29, 1.82) is 0 Å². The Morgan fingerprint density at radius 1 is 1.16 bits per heavy atom. The molecule has 164 valence electrons. The van der Waals surface area contributed by atoms with Gasteiger partial charge in [0.25, 0.3) is 0 Å². The number of rotatable bonds is 4. The summed E-state index contributed by atoms with van der Waals surface area (Å²) in [6.45, 7) is 2.43. The second kappa shape index (κ2) is 7.46. The number of halogens is 1. The zero-order valence-corrected chi connectivity index (χ0v) is 19.0. The standard InChI is InChI=1S/C26H27ClN4O/c1-29-17-22(24(28-29)19-8-3-2-4-9-19)23-14-20-16-30(15-18-7-5-10-21(27)13-18)25(32)26(20)11-6-12-31(23)26/h2-5,7-10,13,17,20,23H,6,11-12,14-16H2,1H3/t20-,23-,26-/m0/s1. The highest BCUT2D eigenvalue weighted by Crippen LogP contribution is 2.57. The minimum atomic E-state index is -0.354. The monoisotopic (exact) mass is 446 g/mol. The third-order valence-electron chi connectivity index (χ3n) is 7.65. The number of aryl methyl sites for hydroxylation is 1. The van der Waals surface area contributed by atoms with E-state index < -0.39 is 0 Å². The fraction of sp³-hybridized carbons (Fsp3) is 0.385. The molecule has 3 aliphatic heterocycles. The second-order valence-corrected chi connectivity index (χ2v) is 9.89. The van der Waals surface area contributed by atoms with Gasteiger partial charge in [-0.3, -0.25) is 14.4 Å². The van der Waals surface area contributed by atoms with Crippen LogP contribution >= 0.6 is 11.6 Å². The predicted octanol–water partition coefficient (Wildman–Crippen LogP) is 4.68. The van der Waals surface area contributed by atoms with Gasteiger partial charge < -0.3 is 4.90 Å². The molecule has 3 saturated heterocycles. The molecule has 0 unspecified atom stereocenters. The van der Waals surface area contributed by atoms with E-state index in [1.165, 1.54) is 5.56 Å². The molecule has 3 aromatic rings. The Hall–Kier alpha value is -2.63. The number of nitrogens with zero attached hydrogens (tertiary/aromatic N) is 4. The van der Waals surface area contributed by atoms with Crippen LogP contribution in [0.4, 0.5) is 0 Å². The average molecular weight is 447 g/mol. The van der Waals surface area contributed by atoms with Crippen molar-refractivity contribution in [2.75, 3.05) is 13.1 Å². The minimum absolute atomic E-state index is 0.240. The van der Waals surface area contributed by atoms with Crippen molar-refractivity contribution in [2.45, 2.75) is 37.4 Å². The number of hydrogen-bond acceptors (Lipinski definition) is 3. The molecular formula is C26H27ClN4O. The van der Waals surface area contributed by atoms with Gasteiger partial charge in [-0.1, -0.05) is 54.1 Å². The van der Waals surface area contributed by atoms with Crippen LogP contribution in [0.5, 0.6) is 0 Å². The van der Waals surface area contributed by atoms with Crippen LogP contribution in [0, 0.1) is 5.92 Å². The summed E-state index contributed by atoms with van der Waals surface area (Å²) in [5.41, 5.74) is 4.18. The van der Waals surface area contributed by atoms with E-state index in [9.17, 15) is 4.79 Å². The lowest BCUT2D eigenvalue weighted by atomic mass is 9.85. The average Bonchev–Trinajstić information content (AvgIpc) is 3.51. The van der Waals surface area contributed by atoms with E-state index in [1.807, 2.05) is 36.0 Å². The van der Waals surface area contributed by atoms with Gasteiger partial charge in [0.05, 0.1) is 5.69 Å². The molecule has 3 atom stereocenters. The van der Waals surface area contributed by atoms with Crippen molar-refractivity contribution < 1.29 is 4.79 Å². The summed E-state index contributed by atoms with van der Waals surface area (Å²) >= 11 is 6.18. The molecule has 3 aliphatic rings. The van der Waals surface area contributed by atoms with Crippen LogP contribution in [0.1, 0.15) is 36.4 Å². The molecule has 3 fully saturated rings. The molecule has 0 aliphatic carbocycles. The fourth-order valence-electron chi connectivity index (χ4n) is 6.44. The minimum Gasteiger partial charge on any atom is -0.336 e. The number of hydrogen-bond donors (Lipinski definition) is 0. The van der Waals surface area contributed by atoms with E-state index in [0.717, 1.165) is 54.2 Å². The van der Waals surface area contributed by atoms with E-state index in [2.05, 4.69) is 46.3 Å². The van der Waals surface area contributed by atoms with Gasteiger partial charge in [-0.05, 0) is 43.5 Å². The van der Waals surface area contributed by atoms with Crippen molar-refractivity contribution >= 4 is 17.5 Å². The van der Waals surface area contributed by atoms with Crippen LogP contribution in [0.2, 0.25) is 5.02 Å². The number of carbonyl (C=O) groups is 1. The Balaban J connectivity index is 1.32. The van der Waals surface area contributed by atoms with E-state index >= 15 is 0 Å². The highest BCUT2D eigenvalue weighted by atomic mass is 35.5. The maximum Gasteiger partial charge on any atom is 0.243 e. The molecule has 0 radical (unpaired) electrons. The summed E-state index contributed by atoms with van der Waals surface area (Å²) in [7, 11) is 1.99. The lowest BCUT2D eigenvalue weighted by Crippen LogP contribution is -2.49. The molecule has 6 heteroatoms. The quantitative estimate of drug-likeness (QED) is 0.584. The summed E-state index contributed by atoms with van der Waals surface area (Å²) in [6, 6.07) is 18.5. The maximum atomic E-state index is 13.8. The van der Waals surface area contributed by atoms with Gasteiger partial charge in [0, 0.05) is 54.4 Å². The van der Waals surface area contributed by atoms with Crippen LogP contribution in [0.15, 0.2) is 60.8 Å². The largest absolute Gasteiger partial charge is 0.336 e. The Labute approximate surface area is 193 Å². The number of benzene rings is 2. The highest BCUT2D eigenvalue weighted by molar-refractivity contribution is 6.30. The van der Waals surface area contributed by atoms with Gasteiger partial charge in [0.15, 0.2) is 0 Å². The number of aromatic nitrogens is 2. The second-order valence-electron chi connectivity index (χ2n) is 9.46. The third-order valence-corrected chi connectivity index (χ3v) is 7.89. The Morgan fingerprint density at radius 2 is 2.00 bits per heavy atom. The van der Waals surface area contributed by atoms with Crippen LogP contribution in [0.25, 0.3) is 11.3 Å². The van der Waals surface area contributed by atoms with Crippen LogP contribution in [0.3, 0.4) is 0 Å². The molecule has 6 rings (SSSR count). The Morgan fingerprint density at radius 3 is 2.81 bits per heavy atom. The van der Waals surface area contributed by atoms with Gasteiger partial charge in [0.2, 0.25) is 5.91 Å². The molecular weight excluding hydrogens is 420 g/mol. The Bertz CT molecular complexity index is 1180. The molecule has 4 heterocycles. The van der Waals surface area contributed by atoms with Crippen molar-refractivity contribution in [3.8, 4) is 11.3 Å². The van der Waals surface area contributed by atoms with E-state index in [4.69, 9.17) is 16.7 Å².